The molecule has 0 heterocycles. The Kier molecular flexibility index (Phi) is 4.27. The molecule has 0 amide bonds. The molecule has 0 spiro atoms. The first-order chi connectivity index (χ1) is 9.06. The van der Waals surface area contributed by atoms with Crippen LogP contribution >= 0.6 is 0 Å². The van der Waals surface area contributed by atoms with Crippen molar-refractivity contribution in [3.8, 4) is 0 Å². The van der Waals surface area contributed by atoms with Crippen LogP contribution in [0, 0.1) is 18.6 Å². The van der Waals surface area contributed by atoms with Gasteiger partial charge >= 0.3 is 0 Å². The van der Waals surface area contributed by atoms with Crippen molar-refractivity contribution in [3.63, 3.8) is 0 Å². The third kappa shape index (κ3) is 3.61. The second-order valence-corrected chi connectivity index (χ2v) is 4.73. The van der Waals surface area contributed by atoms with Gasteiger partial charge in [-0.2, -0.15) is 0 Å². The molecule has 3 heteroatoms. The Morgan fingerprint density at radius 3 is 2.47 bits per heavy atom. The van der Waals surface area contributed by atoms with Gasteiger partial charge in [0.25, 0.3) is 0 Å². The number of hydrogen-bond acceptors (Lipinski definition) is 1. The molecular weight excluding hydrogens is 244 g/mol. The Labute approximate surface area is 112 Å². The van der Waals surface area contributed by atoms with Gasteiger partial charge in [0.15, 0.2) is 0 Å². The molecule has 0 aliphatic rings. The minimum atomic E-state index is -0.232. The van der Waals surface area contributed by atoms with Crippen molar-refractivity contribution in [1.82, 2.24) is 5.32 Å². The Morgan fingerprint density at radius 1 is 1.05 bits per heavy atom. The highest BCUT2D eigenvalue weighted by molar-refractivity contribution is 5.27. The van der Waals surface area contributed by atoms with E-state index in [1.807, 2.05) is 19.9 Å². The van der Waals surface area contributed by atoms with E-state index in [0.29, 0.717) is 6.54 Å². The molecule has 0 aliphatic carbocycles. The van der Waals surface area contributed by atoms with Gasteiger partial charge in [0.2, 0.25) is 0 Å². The second kappa shape index (κ2) is 5.93. The summed E-state index contributed by atoms with van der Waals surface area (Å²) in [4.78, 5) is 0. The highest BCUT2D eigenvalue weighted by Crippen LogP contribution is 2.16. The van der Waals surface area contributed by atoms with Crippen molar-refractivity contribution in [1.29, 1.82) is 0 Å². The summed E-state index contributed by atoms with van der Waals surface area (Å²) in [6.45, 7) is 4.49. The molecule has 2 rings (SSSR count). The Hall–Kier alpha value is -1.74. The highest BCUT2D eigenvalue weighted by atomic mass is 19.1. The Morgan fingerprint density at radius 2 is 1.79 bits per heavy atom. The number of aryl methyl sites for hydroxylation is 1. The quantitative estimate of drug-likeness (QED) is 0.872. The topological polar surface area (TPSA) is 12.0 Å². The molecule has 0 unspecified atom stereocenters. The molecule has 0 radical (unpaired) electrons. The zero-order chi connectivity index (χ0) is 13.8. The van der Waals surface area contributed by atoms with Gasteiger partial charge in [0, 0.05) is 12.6 Å². The van der Waals surface area contributed by atoms with Gasteiger partial charge in [-0.3, -0.25) is 0 Å². The fourth-order valence-corrected chi connectivity index (χ4v) is 2.01. The van der Waals surface area contributed by atoms with Crippen LogP contribution in [0.1, 0.15) is 29.7 Å². The molecule has 19 heavy (non-hydrogen) atoms. The van der Waals surface area contributed by atoms with Crippen LogP contribution in [-0.2, 0) is 6.54 Å². The maximum Gasteiger partial charge on any atom is 0.123 e. The number of halogens is 2. The summed E-state index contributed by atoms with van der Waals surface area (Å²) in [5.74, 6) is -0.455. The predicted molar refractivity (Wildman–Crippen MR) is 72.8 cm³/mol. The summed E-state index contributed by atoms with van der Waals surface area (Å²) in [5.41, 5.74) is 2.86. The fourth-order valence-electron chi connectivity index (χ4n) is 2.01. The zero-order valence-electron chi connectivity index (χ0n) is 11.1. The van der Waals surface area contributed by atoms with Crippen LogP contribution in [-0.4, -0.2) is 0 Å². The summed E-state index contributed by atoms with van der Waals surface area (Å²) in [7, 11) is 0. The summed E-state index contributed by atoms with van der Waals surface area (Å²) in [6.07, 6.45) is 0. The summed E-state index contributed by atoms with van der Waals surface area (Å²) >= 11 is 0. The molecule has 2 aromatic rings. The van der Waals surface area contributed by atoms with Gasteiger partial charge in [-0.25, -0.2) is 8.78 Å². The van der Waals surface area contributed by atoms with E-state index < -0.39 is 0 Å². The van der Waals surface area contributed by atoms with E-state index in [1.54, 1.807) is 12.1 Å². The number of hydrogen-bond donors (Lipinski definition) is 1. The van der Waals surface area contributed by atoms with E-state index >= 15 is 0 Å². The van der Waals surface area contributed by atoms with E-state index in [9.17, 15) is 8.78 Å². The Bertz CT molecular complexity index is 566. The molecule has 0 saturated carbocycles. The average Bonchev–Trinajstić information content (AvgIpc) is 2.37. The van der Waals surface area contributed by atoms with Crippen LogP contribution in [0.5, 0.6) is 0 Å². The van der Waals surface area contributed by atoms with Crippen molar-refractivity contribution in [3.05, 3.63) is 70.8 Å². The minimum Gasteiger partial charge on any atom is -0.306 e. The maximum atomic E-state index is 13.1. The van der Waals surface area contributed by atoms with Crippen molar-refractivity contribution in [2.45, 2.75) is 26.4 Å². The normalized spacial score (nSPS) is 12.4. The first-order valence-electron chi connectivity index (χ1n) is 6.30. The van der Waals surface area contributed by atoms with Gasteiger partial charge in [-0.05, 0) is 54.8 Å². The van der Waals surface area contributed by atoms with Crippen molar-refractivity contribution < 1.29 is 8.78 Å². The lowest BCUT2D eigenvalue weighted by molar-refractivity contribution is 0.562. The molecule has 0 aromatic heterocycles. The van der Waals surface area contributed by atoms with Gasteiger partial charge in [0.05, 0.1) is 0 Å². The molecule has 1 N–H and O–H groups in total. The lowest BCUT2D eigenvalue weighted by Gasteiger charge is -2.15. The van der Waals surface area contributed by atoms with E-state index in [2.05, 4.69) is 5.32 Å². The van der Waals surface area contributed by atoms with Gasteiger partial charge in [-0.15, -0.1) is 0 Å². The monoisotopic (exact) mass is 261 g/mol. The van der Waals surface area contributed by atoms with Gasteiger partial charge in [-0.1, -0.05) is 18.2 Å². The van der Waals surface area contributed by atoms with Crippen LogP contribution in [0.25, 0.3) is 0 Å². The van der Waals surface area contributed by atoms with Crippen LogP contribution in [0.3, 0.4) is 0 Å². The molecule has 2 aromatic carbocycles. The molecule has 0 saturated heterocycles. The van der Waals surface area contributed by atoms with E-state index in [1.165, 1.54) is 24.3 Å². The molecule has 1 atom stereocenters. The first-order valence-corrected chi connectivity index (χ1v) is 6.30. The molecule has 0 bridgehead atoms. The Balaban J connectivity index is 2.02. The summed E-state index contributed by atoms with van der Waals surface area (Å²) in [5, 5.41) is 3.31. The largest absolute Gasteiger partial charge is 0.306 e. The average molecular weight is 261 g/mol. The van der Waals surface area contributed by atoms with E-state index in [0.717, 1.165) is 16.7 Å². The lowest BCUT2D eigenvalue weighted by atomic mass is 10.1. The van der Waals surface area contributed by atoms with Crippen molar-refractivity contribution in [2.24, 2.45) is 0 Å². The van der Waals surface area contributed by atoms with Crippen LogP contribution in [0.15, 0.2) is 42.5 Å². The SMILES string of the molecule is Cc1cc(F)ccc1CN[C@@H](C)c1cccc(F)c1. The highest BCUT2D eigenvalue weighted by Gasteiger charge is 2.07. The third-order valence-electron chi connectivity index (χ3n) is 3.25. The molecule has 100 valence electrons. The smallest absolute Gasteiger partial charge is 0.123 e. The lowest BCUT2D eigenvalue weighted by Crippen LogP contribution is -2.18. The zero-order valence-corrected chi connectivity index (χ0v) is 11.1. The molecule has 1 nitrogen and oxygen atoms in total. The van der Waals surface area contributed by atoms with Crippen molar-refractivity contribution >= 4 is 0 Å². The second-order valence-electron chi connectivity index (χ2n) is 4.73. The number of nitrogens with one attached hydrogen (secondary N) is 1. The number of benzene rings is 2. The molecular formula is C16H17F2N. The minimum absolute atomic E-state index is 0.0418. The van der Waals surface area contributed by atoms with Crippen LogP contribution < -0.4 is 5.32 Å². The van der Waals surface area contributed by atoms with Crippen LogP contribution in [0.4, 0.5) is 8.78 Å². The van der Waals surface area contributed by atoms with E-state index in [-0.39, 0.29) is 17.7 Å². The summed E-state index contributed by atoms with van der Waals surface area (Å²) < 4.78 is 26.1. The summed E-state index contributed by atoms with van der Waals surface area (Å²) in [6, 6.07) is 11.3. The van der Waals surface area contributed by atoms with Crippen molar-refractivity contribution in [2.75, 3.05) is 0 Å². The predicted octanol–water partition coefficient (Wildman–Crippen LogP) is 4.12. The van der Waals surface area contributed by atoms with Gasteiger partial charge < -0.3 is 5.32 Å². The molecule has 0 aliphatic heterocycles. The number of rotatable bonds is 4. The fraction of sp³-hybridized carbons (Fsp3) is 0.250. The molecule has 0 fully saturated rings. The van der Waals surface area contributed by atoms with Gasteiger partial charge in [0.1, 0.15) is 11.6 Å². The standard InChI is InChI=1S/C16H17F2N/c1-11-8-16(18)7-6-14(11)10-19-12(2)13-4-3-5-15(17)9-13/h3-9,12,19H,10H2,1-2H3/t12-/m0/s1. The third-order valence-corrected chi connectivity index (χ3v) is 3.25. The first kappa shape index (κ1) is 13.7. The van der Waals surface area contributed by atoms with E-state index in [4.69, 9.17) is 0 Å². The maximum absolute atomic E-state index is 13.1. The van der Waals surface area contributed by atoms with Crippen LogP contribution in [0.2, 0.25) is 0 Å².